The van der Waals surface area contributed by atoms with Gasteiger partial charge in [-0.25, -0.2) is 9.59 Å². The maximum absolute atomic E-state index is 12.1. The molecule has 0 radical (unpaired) electrons. The van der Waals surface area contributed by atoms with E-state index in [0.29, 0.717) is 5.56 Å². The first-order chi connectivity index (χ1) is 16.8. The molecule has 0 aliphatic carbocycles. The Morgan fingerprint density at radius 2 is 1.36 bits per heavy atom. The summed E-state index contributed by atoms with van der Waals surface area (Å²) < 4.78 is 10.2. The quantitative estimate of drug-likeness (QED) is 0.233. The standard InChI is InChI=1S/C15H10O6.C4H6O6.C4H10O/c16-8-3-1-7(2-4-8)15-14(20)13(19)12-10(18)5-9(17)6-11(12)21-15;5-1(3(7)8)2(6)4(9)10;1-3-5-4-2/h1-6,16-18,20H;1-2,5-6H,(H,7,8)(H,9,10);3-4H2,1-2H3. The molecule has 0 aliphatic heterocycles. The van der Waals surface area contributed by atoms with Gasteiger partial charge in [-0.05, 0) is 38.1 Å². The number of aliphatic hydroxyl groups is 2. The summed E-state index contributed by atoms with van der Waals surface area (Å²) in [4.78, 5) is 31.7. The average Bonchev–Trinajstić information content (AvgIpc) is 2.81. The van der Waals surface area contributed by atoms with Crippen molar-refractivity contribution in [3.8, 4) is 34.3 Å². The molecule has 0 spiro atoms. The van der Waals surface area contributed by atoms with Gasteiger partial charge in [-0.15, -0.1) is 0 Å². The third kappa shape index (κ3) is 7.87. The van der Waals surface area contributed by atoms with Gasteiger partial charge >= 0.3 is 11.9 Å². The second kappa shape index (κ2) is 13.5. The lowest BCUT2D eigenvalue weighted by molar-refractivity contribution is -0.165. The molecule has 0 saturated carbocycles. The van der Waals surface area contributed by atoms with Gasteiger partial charge in [0.2, 0.25) is 11.2 Å². The molecule has 0 aliphatic rings. The number of phenols is 3. The van der Waals surface area contributed by atoms with Gasteiger partial charge in [-0.2, -0.15) is 0 Å². The van der Waals surface area contributed by atoms with Crippen molar-refractivity contribution in [1.82, 2.24) is 0 Å². The van der Waals surface area contributed by atoms with Crippen LogP contribution >= 0.6 is 0 Å². The van der Waals surface area contributed by atoms with Crippen LogP contribution in [-0.4, -0.2) is 78.2 Å². The minimum Gasteiger partial charge on any atom is -0.508 e. The zero-order valence-electron chi connectivity index (χ0n) is 19.2. The van der Waals surface area contributed by atoms with Crippen molar-refractivity contribution in [3.63, 3.8) is 0 Å². The SMILES string of the molecule is CCOCC.O=C(O)C(O)C(O)C(=O)O.O=c1c(O)c(-c2ccc(O)cc2)oc2cc(O)cc(O)c12. The van der Waals surface area contributed by atoms with Gasteiger partial charge in [0.05, 0.1) is 0 Å². The van der Waals surface area contributed by atoms with Gasteiger partial charge in [0.25, 0.3) is 0 Å². The third-order valence-corrected chi connectivity index (χ3v) is 4.28. The fourth-order valence-corrected chi connectivity index (χ4v) is 2.56. The Balaban J connectivity index is 0.000000362. The topological polar surface area (TPSA) is 235 Å². The van der Waals surface area contributed by atoms with Crippen LogP contribution in [-0.2, 0) is 14.3 Å². The summed E-state index contributed by atoms with van der Waals surface area (Å²) in [6.45, 7) is 5.67. The number of aliphatic hydroxyl groups excluding tert-OH is 2. The van der Waals surface area contributed by atoms with E-state index < -0.39 is 41.1 Å². The van der Waals surface area contributed by atoms with Crippen molar-refractivity contribution in [1.29, 1.82) is 0 Å². The Kier molecular flexibility index (Phi) is 11.2. The Morgan fingerprint density at radius 3 is 1.78 bits per heavy atom. The summed E-state index contributed by atoms with van der Waals surface area (Å²) in [5.74, 6) is -5.04. The highest BCUT2D eigenvalue weighted by Gasteiger charge is 2.29. The van der Waals surface area contributed by atoms with E-state index in [9.17, 15) is 34.8 Å². The molecule has 1 heterocycles. The molecule has 0 bridgehead atoms. The van der Waals surface area contributed by atoms with Crippen LogP contribution in [0.5, 0.6) is 23.0 Å². The molecule has 0 saturated heterocycles. The van der Waals surface area contributed by atoms with Crippen LogP contribution < -0.4 is 5.43 Å². The molecule has 36 heavy (non-hydrogen) atoms. The number of hydrogen-bond donors (Lipinski definition) is 8. The number of rotatable bonds is 6. The molecule has 8 N–H and O–H groups in total. The summed E-state index contributed by atoms with van der Waals surface area (Å²) in [6, 6.07) is 7.82. The maximum Gasteiger partial charge on any atom is 0.335 e. The third-order valence-electron chi connectivity index (χ3n) is 4.28. The molecule has 196 valence electrons. The summed E-state index contributed by atoms with van der Waals surface area (Å²) in [5.41, 5.74) is -0.498. The predicted octanol–water partition coefficient (Wildman–Crippen LogP) is 1.20. The van der Waals surface area contributed by atoms with Gasteiger partial charge in [-0.1, -0.05) is 0 Å². The lowest BCUT2D eigenvalue weighted by Crippen LogP contribution is -2.39. The Labute approximate surface area is 203 Å². The zero-order chi connectivity index (χ0) is 27.6. The summed E-state index contributed by atoms with van der Waals surface area (Å²) in [6.07, 6.45) is -4.53. The lowest BCUT2D eigenvalue weighted by Gasteiger charge is -2.07. The van der Waals surface area contributed by atoms with Crippen molar-refractivity contribution in [3.05, 3.63) is 46.6 Å². The number of ether oxygens (including phenoxy) is 1. The summed E-state index contributed by atoms with van der Waals surface area (Å²) in [5, 5.41) is 70.7. The highest BCUT2D eigenvalue weighted by Crippen LogP contribution is 2.35. The van der Waals surface area contributed by atoms with Crippen LogP contribution in [0.4, 0.5) is 0 Å². The molecule has 3 rings (SSSR count). The first kappa shape index (κ1) is 29.7. The largest absolute Gasteiger partial charge is 0.508 e. The molecule has 0 fully saturated rings. The van der Waals surface area contributed by atoms with Crippen molar-refractivity contribution >= 4 is 22.9 Å². The van der Waals surface area contributed by atoms with E-state index in [0.717, 1.165) is 19.3 Å². The first-order valence-corrected chi connectivity index (χ1v) is 10.3. The van der Waals surface area contributed by atoms with Crippen LogP contribution in [0.1, 0.15) is 13.8 Å². The van der Waals surface area contributed by atoms with E-state index >= 15 is 0 Å². The monoisotopic (exact) mass is 510 g/mol. The number of aliphatic carboxylic acids is 2. The number of carbonyl (C=O) groups is 2. The van der Waals surface area contributed by atoms with Gasteiger partial charge < -0.3 is 50.0 Å². The van der Waals surface area contributed by atoms with E-state index in [1.807, 2.05) is 13.8 Å². The minimum atomic E-state index is -2.27. The maximum atomic E-state index is 12.1. The molecular formula is C23H26O13. The molecular weight excluding hydrogens is 484 g/mol. The predicted molar refractivity (Wildman–Crippen MR) is 124 cm³/mol. The Morgan fingerprint density at radius 1 is 0.861 bits per heavy atom. The van der Waals surface area contributed by atoms with Crippen molar-refractivity contribution in [2.24, 2.45) is 0 Å². The molecule has 13 nitrogen and oxygen atoms in total. The average molecular weight is 510 g/mol. The van der Waals surface area contributed by atoms with E-state index in [2.05, 4.69) is 0 Å². The molecule has 0 amide bonds. The Hall–Kier alpha value is -4.33. The lowest BCUT2D eigenvalue weighted by atomic mass is 10.1. The number of phenolic OH excluding ortho intramolecular Hbond substituents is 3. The number of hydrogen-bond acceptors (Lipinski definition) is 11. The van der Waals surface area contributed by atoms with Crippen molar-refractivity contribution in [2.75, 3.05) is 13.2 Å². The number of fused-ring (bicyclic) bond motifs is 1. The molecule has 13 heteroatoms. The van der Waals surface area contributed by atoms with E-state index in [-0.39, 0.29) is 28.2 Å². The summed E-state index contributed by atoms with van der Waals surface area (Å²) >= 11 is 0. The molecule has 1 aromatic heterocycles. The molecule has 3 aromatic rings. The van der Waals surface area contributed by atoms with E-state index in [4.69, 9.17) is 29.6 Å². The number of benzene rings is 2. The van der Waals surface area contributed by atoms with Crippen LogP contribution in [0.2, 0.25) is 0 Å². The minimum absolute atomic E-state index is 0.0247. The molecule has 2 unspecified atom stereocenters. The number of carboxylic acids is 2. The van der Waals surface area contributed by atoms with E-state index in [1.54, 1.807) is 0 Å². The smallest absolute Gasteiger partial charge is 0.335 e. The highest BCUT2D eigenvalue weighted by atomic mass is 16.5. The van der Waals surface area contributed by atoms with Gasteiger partial charge in [0.1, 0.15) is 28.2 Å². The fraction of sp³-hybridized carbons (Fsp3) is 0.261. The molecule has 2 aromatic carbocycles. The number of carboxylic acid groups (broad SMARTS) is 2. The fourth-order valence-electron chi connectivity index (χ4n) is 2.56. The normalized spacial score (nSPS) is 11.9. The van der Waals surface area contributed by atoms with Crippen LogP contribution in [0.25, 0.3) is 22.3 Å². The van der Waals surface area contributed by atoms with Crippen molar-refractivity contribution < 1.29 is 59.6 Å². The van der Waals surface area contributed by atoms with Gasteiger partial charge in [0.15, 0.2) is 18.0 Å². The van der Waals surface area contributed by atoms with Gasteiger partial charge in [-0.3, -0.25) is 4.79 Å². The summed E-state index contributed by atoms with van der Waals surface area (Å²) in [7, 11) is 0. The van der Waals surface area contributed by atoms with Gasteiger partial charge in [0, 0.05) is 30.9 Å². The second-order valence-corrected chi connectivity index (χ2v) is 6.84. The van der Waals surface area contributed by atoms with Crippen molar-refractivity contribution in [2.45, 2.75) is 26.1 Å². The second-order valence-electron chi connectivity index (χ2n) is 6.84. The highest BCUT2D eigenvalue weighted by molar-refractivity contribution is 5.88. The Bertz CT molecular complexity index is 1210. The molecule has 2 atom stereocenters. The van der Waals surface area contributed by atoms with Crippen LogP contribution in [0, 0.1) is 0 Å². The van der Waals surface area contributed by atoms with Crippen LogP contribution in [0.15, 0.2) is 45.6 Å². The zero-order valence-corrected chi connectivity index (χ0v) is 19.2. The number of aromatic hydroxyl groups is 4. The first-order valence-electron chi connectivity index (χ1n) is 10.3. The van der Waals surface area contributed by atoms with Crippen LogP contribution in [0.3, 0.4) is 0 Å². The van der Waals surface area contributed by atoms with E-state index in [1.165, 1.54) is 30.3 Å².